The van der Waals surface area contributed by atoms with Gasteiger partial charge in [-0.2, -0.15) is 0 Å². The van der Waals surface area contributed by atoms with Gasteiger partial charge in [-0.15, -0.1) is 0 Å². The molecule has 0 heterocycles. The van der Waals surface area contributed by atoms with E-state index in [9.17, 15) is 0 Å². The van der Waals surface area contributed by atoms with Crippen LogP contribution in [0.3, 0.4) is 0 Å². The van der Waals surface area contributed by atoms with Gasteiger partial charge >= 0.3 is 77.9 Å². The van der Waals surface area contributed by atoms with Crippen molar-refractivity contribution in [1.29, 1.82) is 0 Å². The number of hydrogen-bond acceptors (Lipinski definition) is 2. The summed E-state index contributed by atoms with van der Waals surface area (Å²) in [7, 11) is 0. The van der Waals surface area contributed by atoms with Crippen molar-refractivity contribution in [1.82, 2.24) is 0 Å². The van der Waals surface area contributed by atoms with E-state index >= 15 is 0 Å². The van der Waals surface area contributed by atoms with Crippen LogP contribution in [0.1, 0.15) is 0 Å². The Morgan fingerprint density at radius 3 is 1.60 bits per heavy atom. The fourth-order valence-electron chi connectivity index (χ4n) is 0. The van der Waals surface area contributed by atoms with Gasteiger partial charge in [-0.3, -0.25) is 4.70 Å². The van der Waals surface area contributed by atoms with E-state index in [4.69, 9.17) is 7.01 Å². The second kappa shape index (κ2) is 16.6. The molecular formula is HFKO2Ti. The molecule has 0 saturated heterocycles. The Bertz CT molecular complexity index is 17.1. The Labute approximate surface area is 80.8 Å². The molecule has 2 nitrogen and oxygen atoms in total. The van der Waals surface area contributed by atoms with Crippen molar-refractivity contribution in [3.05, 3.63) is 0 Å². The average Bonchev–Trinajstić information content (AvgIpc) is 0.918. The van der Waals surface area contributed by atoms with Gasteiger partial charge in [0.1, 0.15) is 0 Å². The molecule has 0 radical (unpaired) electrons. The van der Waals surface area contributed by atoms with Crippen LogP contribution >= 0.6 is 0 Å². The predicted octanol–water partition coefficient (Wildman–Crippen LogP) is -4.15. The zero-order valence-electron chi connectivity index (χ0n) is 2.72. The molecule has 5 heavy (non-hydrogen) atoms. The van der Waals surface area contributed by atoms with E-state index in [1.54, 1.807) is 0 Å². The summed E-state index contributed by atoms with van der Waals surface area (Å²) >= 11 is -2.00. The van der Waals surface area contributed by atoms with E-state index in [2.05, 4.69) is 0 Å². The van der Waals surface area contributed by atoms with Crippen LogP contribution < -0.4 is 55.1 Å². The monoisotopic (exact) mass is 139 g/mol. The fraction of sp³-hybridized carbons (Fsp3) is 0. The summed E-state index contributed by atoms with van der Waals surface area (Å²) in [5.41, 5.74) is 0. The Morgan fingerprint density at radius 2 is 1.60 bits per heavy atom. The standard InChI is InChI=1S/FH.K.2O.Ti/h1H;;;;/q;+1;;-1;. The Kier molecular flexibility index (Phi) is 52.2. The SMILES string of the molecule is F.[K+].[O]=[Ti][O-]. The van der Waals surface area contributed by atoms with Crippen molar-refractivity contribution in [3.8, 4) is 0 Å². The van der Waals surface area contributed by atoms with E-state index in [1.807, 2.05) is 0 Å². The van der Waals surface area contributed by atoms with Crippen molar-refractivity contribution in [2.75, 3.05) is 0 Å². The Morgan fingerprint density at radius 1 is 1.60 bits per heavy atom. The van der Waals surface area contributed by atoms with Crippen molar-refractivity contribution in [3.63, 3.8) is 0 Å². The summed E-state index contributed by atoms with van der Waals surface area (Å²) in [4.78, 5) is 0. The Hall–Kier alpha value is 2.04. The van der Waals surface area contributed by atoms with Crippen LogP contribution in [0.15, 0.2) is 0 Å². The molecule has 0 amide bonds. The van der Waals surface area contributed by atoms with Gasteiger partial charge in [-0.1, -0.05) is 0 Å². The van der Waals surface area contributed by atoms with Crippen LogP contribution in [0.2, 0.25) is 0 Å². The first-order valence-corrected chi connectivity index (χ1v) is 1.68. The van der Waals surface area contributed by atoms with Gasteiger partial charge in [0.05, 0.1) is 0 Å². The van der Waals surface area contributed by atoms with E-state index in [-0.39, 0.29) is 56.1 Å². The number of halogens is 1. The summed E-state index contributed by atoms with van der Waals surface area (Å²) in [6.07, 6.45) is 0. The zero-order chi connectivity index (χ0) is 2.71. The molecule has 0 aromatic rings. The van der Waals surface area contributed by atoms with Crippen LogP contribution in [0.4, 0.5) is 4.70 Å². The first kappa shape index (κ1) is 15.7. The Balaban J connectivity index is -0.0000000200. The van der Waals surface area contributed by atoms with Gasteiger partial charge < -0.3 is 0 Å². The number of rotatable bonds is 0. The molecule has 0 aromatic heterocycles. The quantitative estimate of drug-likeness (QED) is 0.319. The summed E-state index contributed by atoms with van der Waals surface area (Å²) in [6, 6.07) is 0. The molecule has 0 bridgehead atoms. The molecule has 25 valence electrons. The molecule has 0 spiro atoms. The molecule has 0 rings (SSSR count). The summed E-state index contributed by atoms with van der Waals surface area (Å²) in [6.45, 7) is 0. The minimum absolute atomic E-state index is 0. The van der Waals surface area contributed by atoms with E-state index < -0.39 is 19.5 Å². The summed E-state index contributed by atoms with van der Waals surface area (Å²) < 4.78 is 17.0. The molecule has 5 heteroatoms. The first-order valence-electron chi connectivity index (χ1n) is 0.408. The van der Waals surface area contributed by atoms with Crippen LogP contribution in [-0.4, -0.2) is 0 Å². The van der Waals surface area contributed by atoms with Gasteiger partial charge in [-0.05, 0) is 0 Å². The number of hydrogen-bond donors (Lipinski definition) is 0. The van der Waals surface area contributed by atoms with Crippen molar-refractivity contribution < 1.29 is 82.6 Å². The summed E-state index contributed by atoms with van der Waals surface area (Å²) in [5.74, 6) is 0. The van der Waals surface area contributed by atoms with Crippen LogP contribution in [0.25, 0.3) is 0 Å². The molecule has 0 aliphatic carbocycles. The topological polar surface area (TPSA) is 40.1 Å². The molecule has 0 N–H and O–H groups in total. The molecule has 0 atom stereocenters. The molecule has 0 saturated carbocycles. The van der Waals surface area contributed by atoms with Gasteiger partial charge in [0.25, 0.3) is 0 Å². The van der Waals surface area contributed by atoms with Gasteiger partial charge in [0, 0.05) is 0 Å². The third-order valence-corrected chi connectivity index (χ3v) is 0. The maximum atomic E-state index is 8.50. The molecule has 0 aliphatic rings. The average molecular weight is 139 g/mol. The molecular weight excluding hydrogens is 138 g/mol. The minimum atomic E-state index is -2.00. The van der Waals surface area contributed by atoms with Gasteiger partial charge in [-0.25, -0.2) is 0 Å². The van der Waals surface area contributed by atoms with E-state index in [1.165, 1.54) is 0 Å². The van der Waals surface area contributed by atoms with Crippen molar-refractivity contribution >= 4 is 0 Å². The van der Waals surface area contributed by atoms with Gasteiger partial charge in [0.15, 0.2) is 0 Å². The molecule has 0 fully saturated rings. The fourth-order valence-corrected chi connectivity index (χ4v) is 0. The first-order chi connectivity index (χ1) is 1.41. The molecule has 0 aliphatic heterocycles. The van der Waals surface area contributed by atoms with Crippen molar-refractivity contribution in [2.45, 2.75) is 0 Å². The van der Waals surface area contributed by atoms with Crippen LogP contribution in [0, 0.1) is 0 Å². The van der Waals surface area contributed by atoms with Crippen LogP contribution in [-0.2, 0) is 22.8 Å². The second-order valence-electron chi connectivity index (χ2n) is 0.0833. The normalized spacial score (nSPS) is 1.80. The predicted molar refractivity (Wildman–Crippen MR) is 3.19 cm³/mol. The van der Waals surface area contributed by atoms with Crippen molar-refractivity contribution in [2.24, 2.45) is 0 Å². The summed E-state index contributed by atoms with van der Waals surface area (Å²) in [5, 5.41) is 0. The van der Waals surface area contributed by atoms with Gasteiger partial charge in [0.2, 0.25) is 0 Å². The van der Waals surface area contributed by atoms with E-state index in [0.29, 0.717) is 0 Å². The molecule has 0 aromatic carbocycles. The van der Waals surface area contributed by atoms with Crippen LogP contribution in [0.5, 0.6) is 0 Å². The third kappa shape index (κ3) is 23.7. The third-order valence-electron chi connectivity index (χ3n) is 0. The zero-order valence-corrected chi connectivity index (χ0v) is 7.41. The molecule has 0 unspecified atom stereocenters. The maximum absolute atomic E-state index is 8.50. The second-order valence-corrected chi connectivity index (χ2v) is 0.344. The van der Waals surface area contributed by atoms with E-state index in [0.717, 1.165) is 0 Å².